The molecule has 20 nitrogen and oxygen atoms in total. The van der Waals surface area contributed by atoms with E-state index in [0.29, 0.717) is 59.9 Å². The number of hydrogen-bond acceptors (Lipinski definition) is 13. The molecule has 7 rings (SSSR count). The molecule has 2 bridgehead atoms. The van der Waals surface area contributed by atoms with E-state index in [1.165, 1.54) is 32.3 Å². The highest BCUT2D eigenvalue weighted by Gasteiger charge is 2.36. The van der Waals surface area contributed by atoms with Gasteiger partial charge in [0.05, 0.1) is 49.8 Å². The number of carbonyl (C=O) groups excluding carboxylic acids is 4. The van der Waals surface area contributed by atoms with E-state index in [4.69, 9.17) is 19.4 Å². The summed E-state index contributed by atoms with van der Waals surface area (Å²) in [4.78, 5) is 85.4. The Morgan fingerprint density at radius 2 is 1.61 bits per heavy atom. The summed E-state index contributed by atoms with van der Waals surface area (Å²) in [6.45, 7) is 17.6. The van der Waals surface area contributed by atoms with Crippen molar-refractivity contribution < 1.29 is 57.2 Å². The molecule has 0 aliphatic heterocycles. The van der Waals surface area contributed by atoms with Gasteiger partial charge in [-0.1, -0.05) is 59.1 Å². The number of benzene rings is 1. The molecule has 3 aliphatic rings. The summed E-state index contributed by atoms with van der Waals surface area (Å²) in [7, 11) is 0. The second-order valence-corrected chi connectivity index (χ2v) is 20.9. The van der Waals surface area contributed by atoms with E-state index in [0.717, 1.165) is 37.2 Å². The number of aliphatic carboxylic acids is 1. The van der Waals surface area contributed by atoms with Crippen molar-refractivity contribution in [3.8, 4) is 11.4 Å². The number of ether oxygens (including phenoxy) is 2. The lowest BCUT2D eigenvalue weighted by molar-refractivity contribution is -0.140. The van der Waals surface area contributed by atoms with Crippen LogP contribution < -0.4 is 31.9 Å². The molecule has 4 amide bonds. The van der Waals surface area contributed by atoms with Gasteiger partial charge >= 0.3 is 5.97 Å². The molecular formula is C54H78F2N10O10. The lowest BCUT2D eigenvalue weighted by atomic mass is 9.68. The minimum absolute atomic E-state index is 0.00448. The third-order valence-corrected chi connectivity index (χ3v) is 12.8. The van der Waals surface area contributed by atoms with E-state index in [1.807, 2.05) is 32.3 Å². The molecule has 418 valence electrons. The highest BCUT2D eigenvalue weighted by Crippen LogP contribution is 2.42. The number of rotatable bonds is 25. The van der Waals surface area contributed by atoms with E-state index >= 15 is 4.39 Å². The van der Waals surface area contributed by atoms with Gasteiger partial charge < -0.3 is 56.2 Å². The zero-order valence-corrected chi connectivity index (χ0v) is 45.3. The number of fused-ring (bicyclic) bond motifs is 4. The van der Waals surface area contributed by atoms with Gasteiger partial charge in [-0.2, -0.15) is 0 Å². The first kappa shape index (κ1) is 61.9. The molecule has 0 spiro atoms. The second kappa shape index (κ2) is 29.6. The van der Waals surface area contributed by atoms with Crippen LogP contribution in [0, 0.1) is 28.9 Å². The summed E-state index contributed by atoms with van der Waals surface area (Å²) < 4.78 is 43.1. The van der Waals surface area contributed by atoms with Gasteiger partial charge in [-0.3, -0.25) is 28.8 Å². The maximum absolute atomic E-state index is 15.1. The largest absolute Gasteiger partial charge is 0.483 e. The fourth-order valence-corrected chi connectivity index (χ4v) is 8.72. The Bertz CT molecular complexity index is 2550. The van der Waals surface area contributed by atoms with Gasteiger partial charge in [0.2, 0.25) is 23.6 Å². The zero-order chi connectivity index (χ0) is 56.2. The molecule has 3 fully saturated rings. The van der Waals surface area contributed by atoms with Crippen LogP contribution in [0.3, 0.4) is 0 Å². The normalized spacial score (nSPS) is 16.8. The van der Waals surface area contributed by atoms with Crippen LogP contribution in [0.2, 0.25) is 0 Å². The van der Waals surface area contributed by atoms with Crippen LogP contribution in [0.25, 0.3) is 22.4 Å². The third kappa shape index (κ3) is 19.5. The zero-order valence-electron chi connectivity index (χ0n) is 45.3. The lowest BCUT2D eigenvalue weighted by Crippen LogP contribution is -2.53. The van der Waals surface area contributed by atoms with Gasteiger partial charge in [-0.05, 0) is 95.9 Å². The SMILES string of the molecule is CC(C)NCC(C)(C)OCCOCC(C)(C)C(=O)NC(CCC(=O)O)C(=O)NCC(=O)NC(C)C(=O)Nc1ccc(Cn2cc(-c3ncc(F)c(NC4CC5CCC4CC5)n3)c3cc(F)cnc32)cc1.CCC.O=CO. The topological polar surface area (TPSA) is 277 Å². The molecule has 3 aromatic heterocycles. The number of pyridine rings is 1. The van der Waals surface area contributed by atoms with Crippen molar-refractivity contribution in [1.82, 2.24) is 40.8 Å². The van der Waals surface area contributed by atoms with Crippen LogP contribution in [0.5, 0.6) is 0 Å². The van der Waals surface area contributed by atoms with Crippen molar-refractivity contribution in [1.29, 1.82) is 0 Å². The first-order valence-electron chi connectivity index (χ1n) is 26.0. The molecule has 0 saturated heterocycles. The molecule has 0 radical (unpaired) electrons. The summed E-state index contributed by atoms with van der Waals surface area (Å²) in [5.74, 6) is -3.37. The van der Waals surface area contributed by atoms with Gasteiger partial charge in [-0.15, -0.1) is 0 Å². The first-order chi connectivity index (χ1) is 36.0. The smallest absolute Gasteiger partial charge is 0.303 e. The van der Waals surface area contributed by atoms with Crippen LogP contribution in [-0.4, -0.2) is 128 Å². The molecule has 4 aromatic rings. The summed E-state index contributed by atoms with van der Waals surface area (Å²) in [5, 5.41) is 33.6. The molecule has 76 heavy (non-hydrogen) atoms. The number of carboxylic acids is 1. The summed E-state index contributed by atoms with van der Waals surface area (Å²) >= 11 is 0. The Morgan fingerprint density at radius 3 is 2.22 bits per heavy atom. The van der Waals surface area contributed by atoms with Crippen molar-refractivity contribution in [2.24, 2.45) is 17.3 Å². The second-order valence-electron chi connectivity index (χ2n) is 20.9. The van der Waals surface area contributed by atoms with Crippen LogP contribution >= 0.6 is 0 Å². The number of amides is 4. The minimum atomic E-state index is -1.27. The Morgan fingerprint density at radius 1 is 0.934 bits per heavy atom. The number of hydrogen-bond donors (Lipinski definition) is 8. The van der Waals surface area contributed by atoms with Crippen LogP contribution in [0.15, 0.2) is 48.9 Å². The monoisotopic (exact) mass is 1060 g/mol. The highest BCUT2D eigenvalue weighted by molar-refractivity contribution is 5.98. The summed E-state index contributed by atoms with van der Waals surface area (Å²) in [6, 6.07) is 6.44. The molecule has 3 heterocycles. The quantitative estimate of drug-likeness (QED) is 0.0254. The number of anilines is 2. The van der Waals surface area contributed by atoms with E-state index in [2.05, 4.69) is 60.7 Å². The highest BCUT2D eigenvalue weighted by atomic mass is 19.1. The maximum Gasteiger partial charge on any atom is 0.303 e. The van der Waals surface area contributed by atoms with E-state index in [1.54, 1.807) is 44.3 Å². The van der Waals surface area contributed by atoms with Gasteiger partial charge in [0, 0.05) is 54.4 Å². The van der Waals surface area contributed by atoms with Crippen molar-refractivity contribution in [2.75, 3.05) is 43.5 Å². The fourth-order valence-electron chi connectivity index (χ4n) is 8.72. The Balaban J connectivity index is 0.00000198. The van der Waals surface area contributed by atoms with Crippen molar-refractivity contribution in [3.63, 3.8) is 0 Å². The van der Waals surface area contributed by atoms with Gasteiger partial charge in [0.1, 0.15) is 23.5 Å². The van der Waals surface area contributed by atoms with Crippen molar-refractivity contribution >= 4 is 58.6 Å². The Hall–Kier alpha value is -6.65. The average Bonchev–Trinajstić information content (AvgIpc) is 3.72. The third-order valence-electron chi connectivity index (χ3n) is 12.8. The van der Waals surface area contributed by atoms with E-state index < -0.39 is 77.3 Å². The average molecular weight is 1070 g/mol. The van der Waals surface area contributed by atoms with Gasteiger partial charge in [0.25, 0.3) is 6.47 Å². The molecule has 3 atom stereocenters. The summed E-state index contributed by atoms with van der Waals surface area (Å²) in [6.07, 6.45) is 10.2. The van der Waals surface area contributed by atoms with Crippen molar-refractivity contribution in [3.05, 3.63) is 66.1 Å². The number of nitrogens with one attached hydrogen (secondary N) is 6. The molecule has 22 heteroatoms. The number of carbonyl (C=O) groups is 6. The van der Waals surface area contributed by atoms with E-state index in [9.17, 15) is 33.5 Å². The lowest BCUT2D eigenvalue weighted by Gasteiger charge is -2.42. The van der Waals surface area contributed by atoms with Crippen molar-refractivity contribution in [2.45, 2.75) is 150 Å². The molecule has 3 aliphatic carbocycles. The number of aromatic nitrogens is 4. The molecule has 3 unspecified atom stereocenters. The standard InChI is InChI=1S/C50H68F2N10O8.C3H8.CH2O2/c1-29(2)56-27-50(6,7)70-19-18-69-28-49(4,5)48(68)60-39(16-17-42(64)65)47(67)55-24-41(63)57-30(3)46(66)58-35-14-10-32(11-15-35)25-62-26-37(36-21-34(51)22-54-45(36)62)43-53-23-38(52)44(61-43)59-40-20-31-8-12-33(40)13-9-31;1-3-2;2-1-3/h10-11,14-15,21-23,26,29-31,33,39-40,56H,8-9,12-13,16-20,24-25,27-28H2,1-7H3,(H,55,67)(H,57,63)(H,58,66)(H,60,68)(H,64,65)(H,53,59,61);3H2,1-2H3;1H,(H,2,3). The predicted molar refractivity (Wildman–Crippen MR) is 284 cm³/mol. The number of nitrogens with zero attached hydrogens (tertiary/aromatic N) is 4. The number of halogens is 2. The fraction of sp³-hybridized carbons (Fsp3) is 0.574. The van der Waals surface area contributed by atoms with Crippen LogP contribution in [0.4, 0.5) is 20.3 Å². The Kier molecular flexibility index (Phi) is 24.1. The van der Waals surface area contributed by atoms with E-state index in [-0.39, 0.29) is 43.8 Å². The molecule has 8 N–H and O–H groups in total. The molecule has 1 aromatic carbocycles. The Labute approximate surface area is 443 Å². The maximum atomic E-state index is 15.1. The molecule has 3 saturated carbocycles. The minimum Gasteiger partial charge on any atom is -0.483 e. The number of carboxylic acid groups (broad SMARTS) is 2. The van der Waals surface area contributed by atoms with Gasteiger partial charge in [0.15, 0.2) is 17.5 Å². The first-order valence-corrected chi connectivity index (χ1v) is 26.0. The summed E-state index contributed by atoms with van der Waals surface area (Å²) in [5.41, 5.74) is 0.681. The van der Waals surface area contributed by atoms with Gasteiger partial charge in [-0.25, -0.2) is 23.7 Å². The van der Waals surface area contributed by atoms with Crippen LogP contribution in [-0.2, 0) is 44.8 Å². The van der Waals surface area contributed by atoms with Crippen LogP contribution in [0.1, 0.15) is 119 Å². The predicted octanol–water partition coefficient (Wildman–Crippen LogP) is 6.67. The molecular weight excluding hydrogens is 987 g/mol.